The van der Waals surface area contributed by atoms with Gasteiger partial charge in [-0.25, -0.2) is 0 Å². The summed E-state index contributed by atoms with van der Waals surface area (Å²) in [5, 5.41) is 12.7. The van der Waals surface area contributed by atoms with Gasteiger partial charge in [0, 0.05) is 38.8 Å². The average molecular weight is 329 g/mol. The van der Waals surface area contributed by atoms with Crippen molar-refractivity contribution >= 4 is 15.9 Å². The van der Waals surface area contributed by atoms with Crippen molar-refractivity contribution in [3.05, 3.63) is 28.2 Å². The van der Waals surface area contributed by atoms with Crippen LogP contribution in [0.4, 0.5) is 0 Å². The number of aliphatic hydroxyl groups is 1. The monoisotopic (exact) mass is 328 g/mol. The Morgan fingerprint density at radius 2 is 2.16 bits per heavy atom. The average Bonchev–Trinajstić information content (AvgIpc) is 2.45. The lowest BCUT2D eigenvalue weighted by atomic mass is 10.0. The molecule has 19 heavy (non-hydrogen) atoms. The van der Waals surface area contributed by atoms with Gasteiger partial charge in [-0.15, -0.1) is 0 Å². The van der Waals surface area contributed by atoms with Gasteiger partial charge in [-0.1, -0.05) is 6.07 Å². The molecule has 1 aliphatic rings. The highest BCUT2D eigenvalue weighted by Gasteiger charge is 2.22. The van der Waals surface area contributed by atoms with Gasteiger partial charge in [-0.05, 0) is 40.0 Å². The number of piperazine rings is 1. The third-order valence-electron chi connectivity index (χ3n) is 3.56. The van der Waals surface area contributed by atoms with Crippen LogP contribution in [-0.2, 0) is 0 Å². The van der Waals surface area contributed by atoms with Crippen LogP contribution in [0.5, 0.6) is 5.75 Å². The Balaban J connectivity index is 2.19. The number of hydrogen-bond donors (Lipinski definition) is 2. The minimum absolute atomic E-state index is 0.207. The molecule has 5 heteroatoms. The van der Waals surface area contributed by atoms with Crippen LogP contribution in [0.15, 0.2) is 22.7 Å². The minimum atomic E-state index is 0.207. The highest BCUT2D eigenvalue weighted by molar-refractivity contribution is 9.10. The maximum Gasteiger partial charge on any atom is 0.133 e. The van der Waals surface area contributed by atoms with Gasteiger partial charge < -0.3 is 15.2 Å². The SMILES string of the molecule is COc1ccc([C@@H](CCO)N2CCNCC2)cc1Br. The van der Waals surface area contributed by atoms with Gasteiger partial charge in [-0.2, -0.15) is 0 Å². The van der Waals surface area contributed by atoms with E-state index in [1.54, 1.807) is 7.11 Å². The van der Waals surface area contributed by atoms with E-state index in [0.29, 0.717) is 0 Å². The first-order chi connectivity index (χ1) is 9.26. The number of methoxy groups -OCH3 is 1. The Bertz CT molecular complexity index is 408. The first-order valence-corrected chi connectivity index (χ1v) is 7.44. The van der Waals surface area contributed by atoms with Gasteiger partial charge in [0.25, 0.3) is 0 Å². The Kier molecular flexibility index (Phi) is 5.63. The van der Waals surface area contributed by atoms with Crippen molar-refractivity contribution in [2.75, 3.05) is 39.9 Å². The van der Waals surface area contributed by atoms with Gasteiger partial charge in [0.05, 0.1) is 11.6 Å². The number of halogens is 1. The lowest BCUT2D eigenvalue weighted by Gasteiger charge is -2.35. The van der Waals surface area contributed by atoms with Gasteiger partial charge in [0.15, 0.2) is 0 Å². The van der Waals surface area contributed by atoms with Gasteiger partial charge in [-0.3, -0.25) is 4.90 Å². The largest absolute Gasteiger partial charge is 0.496 e. The minimum Gasteiger partial charge on any atom is -0.496 e. The molecule has 1 heterocycles. The second-order valence-corrected chi connectivity index (χ2v) is 5.56. The highest BCUT2D eigenvalue weighted by Crippen LogP contribution is 2.31. The zero-order chi connectivity index (χ0) is 13.7. The van der Waals surface area contributed by atoms with Crippen molar-refractivity contribution in [1.82, 2.24) is 10.2 Å². The third kappa shape index (κ3) is 3.69. The maximum atomic E-state index is 9.32. The molecule has 0 aliphatic carbocycles. The molecule has 1 fully saturated rings. The van der Waals surface area contributed by atoms with Crippen LogP contribution in [0.2, 0.25) is 0 Å². The molecule has 1 aromatic rings. The van der Waals surface area contributed by atoms with E-state index in [4.69, 9.17) is 4.74 Å². The molecule has 0 spiro atoms. The summed E-state index contributed by atoms with van der Waals surface area (Å²) in [6, 6.07) is 6.44. The van der Waals surface area contributed by atoms with E-state index >= 15 is 0 Å². The molecule has 0 unspecified atom stereocenters. The lowest BCUT2D eigenvalue weighted by molar-refractivity contribution is 0.141. The number of nitrogens with one attached hydrogen (secondary N) is 1. The molecule has 1 aromatic carbocycles. The van der Waals surface area contributed by atoms with E-state index in [2.05, 4.69) is 38.3 Å². The Hall–Kier alpha value is -0.620. The Morgan fingerprint density at radius 3 is 2.74 bits per heavy atom. The molecular weight excluding hydrogens is 308 g/mol. The van der Waals surface area contributed by atoms with E-state index in [0.717, 1.165) is 42.8 Å². The van der Waals surface area contributed by atoms with Crippen molar-refractivity contribution < 1.29 is 9.84 Å². The topological polar surface area (TPSA) is 44.7 Å². The lowest BCUT2D eigenvalue weighted by Crippen LogP contribution is -2.45. The zero-order valence-electron chi connectivity index (χ0n) is 11.2. The predicted octanol–water partition coefficient (Wildman–Crippen LogP) is 1.79. The molecule has 1 atom stereocenters. The van der Waals surface area contributed by atoms with Crippen LogP contribution >= 0.6 is 15.9 Å². The van der Waals surface area contributed by atoms with Crippen LogP contribution in [0, 0.1) is 0 Å². The van der Waals surface area contributed by atoms with Crippen LogP contribution in [0.1, 0.15) is 18.0 Å². The quantitative estimate of drug-likeness (QED) is 0.865. The number of nitrogens with zero attached hydrogens (tertiary/aromatic N) is 1. The summed E-state index contributed by atoms with van der Waals surface area (Å²) in [4.78, 5) is 2.43. The van der Waals surface area contributed by atoms with E-state index in [1.807, 2.05) is 6.07 Å². The zero-order valence-corrected chi connectivity index (χ0v) is 12.8. The Labute approximate surface area is 122 Å². The second-order valence-electron chi connectivity index (χ2n) is 4.71. The molecule has 1 saturated heterocycles. The van der Waals surface area contributed by atoms with E-state index in [1.165, 1.54) is 5.56 Å². The third-order valence-corrected chi connectivity index (χ3v) is 4.18. The number of ether oxygens (including phenoxy) is 1. The van der Waals surface area contributed by atoms with Gasteiger partial charge in [0.1, 0.15) is 5.75 Å². The van der Waals surface area contributed by atoms with E-state index in [-0.39, 0.29) is 12.6 Å². The number of aliphatic hydroxyl groups excluding tert-OH is 1. The second kappa shape index (κ2) is 7.24. The van der Waals surface area contributed by atoms with Crippen LogP contribution in [-0.4, -0.2) is 49.9 Å². The molecule has 1 aliphatic heterocycles. The molecule has 0 radical (unpaired) electrons. The predicted molar refractivity (Wildman–Crippen MR) is 79.6 cm³/mol. The maximum absolute atomic E-state index is 9.32. The fourth-order valence-corrected chi connectivity index (χ4v) is 3.12. The van der Waals surface area contributed by atoms with Crippen molar-refractivity contribution in [3.63, 3.8) is 0 Å². The molecule has 2 rings (SSSR count). The summed E-state index contributed by atoms with van der Waals surface area (Å²) in [5.74, 6) is 0.840. The van der Waals surface area contributed by atoms with Crippen molar-refractivity contribution in [3.8, 4) is 5.75 Å². The smallest absolute Gasteiger partial charge is 0.133 e. The number of hydrogen-bond acceptors (Lipinski definition) is 4. The molecule has 0 amide bonds. The standard InChI is InChI=1S/C14H21BrN2O2/c1-19-14-3-2-11(10-12(14)15)13(4-9-18)17-7-5-16-6-8-17/h2-3,10,13,16,18H,4-9H2,1H3/t13-/m1/s1. The molecule has 4 nitrogen and oxygen atoms in total. The molecule has 106 valence electrons. The first-order valence-electron chi connectivity index (χ1n) is 6.65. The molecule has 0 bridgehead atoms. The summed E-state index contributed by atoms with van der Waals surface area (Å²) in [6.07, 6.45) is 0.763. The van der Waals surface area contributed by atoms with Crippen LogP contribution in [0.3, 0.4) is 0 Å². The summed E-state index contributed by atoms with van der Waals surface area (Å²) >= 11 is 3.53. The summed E-state index contributed by atoms with van der Waals surface area (Å²) in [6.45, 7) is 4.28. The molecule has 2 N–H and O–H groups in total. The van der Waals surface area contributed by atoms with Crippen molar-refractivity contribution in [2.24, 2.45) is 0 Å². The summed E-state index contributed by atoms with van der Waals surface area (Å²) < 4.78 is 6.23. The normalized spacial score (nSPS) is 18.3. The summed E-state index contributed by atoms with van der Waals surface area (Å²) in [5.41, 5.74) is 1.23. The fourth-order valence-electron chi connectivity index (χ4n) is 2.57. The van der Waals surface area contributed by atoms with Gasteiger partial charge in [0.2, 0.25) is 0 Å². The number of rotatable bonds is 5. The highest BCUT2D eigenvalue weighted by atomic mass is 79.9. The number of benzene rings is 1. The summed E-state index contributed by atoms with van der Waals surface area (Å²) in [7, 11) is 1.67. The Morgan fingerprint density at radius 1 is 1.42 bits per heavy atom. The molecule has 0 aromatic heterocycles. The van der Waals surface area contributed by atoms with E-state index < -0.39 is 0 Å². The molecular formula is C14H21BrN2O2. The van der Waals surface area contributed by atoms with Crippen molar-refractivity contribution in [1.29, 1.82) is 0 Å². The molecule has 0 saturated carbocycles. The van der Waals surface area contributed by atoms with Crippen LogP contribution in [0.25, 0.3) is 0 Å². The van der Waals surface area contributed by atoms with Crippen molar-refractivity contribution in [2.45, 2.75) is 12.5 Å². The van der Waals surface area contributed by atoms with Crippen LogP contribution < -0.4 is 10.1 Å². The van der Waals surface area contributed by atoms with Gasteiger partial charge >= 0.3 is 0 Å². The van der Waals surface area contributed by atoms with E-state index in [9.17, 15) is 5.11 Å². The first kappa shape index (κ1) is 14.8. The fraction of sp³-hybridized carbons (Fsp3) is 0.571.